The molecular formula is C17H20F3N9OS. The van der Waals surface area contributed by atoms with Gasteiger partial charge in [-0.1, -0.05) is 11.8 Å². The maximum absolute atomic E-state index is 13.0. The van der Waals surface area contributed by atoms with Gasteiger partial charge in [0.15, 0.2) is 11.0 Å². The molecule has 0 saturated carbocycles. The highest BCUT2D eigenvalue weighted by atomic mass is 32.2. The molecule has 0 aliphatic heterocycles. The van der Waals surface area contributed by atoms with E-state index in [4.69, 9.17) is 0 Å². The third kappa shape index (κ3) is 4.95. The Balaban J connectivity index is 1.66. The zero-order valence-corrected chi connectivity index (χ0v) is 18.0. The van der Waals surface area contributed by atoms with Gasteiger partial charge in [0.1, 0.15) is 11.4 Å². The first-order valence-corrected chi connectivity index (χ1v) is 10.1. The van der Waals surface area contributed by atoms with Crippen molar-refractivity contribution < 1.29 is 18.0 Å². The van der Waals surface area contributed by atoms with Crippen molar-refractivity contribution >= 4 is 23.9 Å². The zero-order valence-electron chi connectivity index (χ0n) is 17.2. The molecule has 3 heterocycles. The molecule has 0 aliphatic rings. The number of halogens is 3. The van der Waals surface area contributed by atoms with Crippen molar-refractivity contribution in [1.82, 2.24) is 39.8 Å². The highest BCUT2D eigenvalue weighted by Gasteiger charge is 2.35. The molecule has 3 rings (SSSR count). The Hall–Kier alpha value is -3.16. The average molecular weight is 455 g/mol. The molecule has 0 saturated heterocycles. The van der Waals surface area contributed by atoms with Gasteiger partial charge in [0.05, 0.1) is 18.2 Å². The highest BCUT2D eigenvalue weighted by molar-refractivity contribution is 7.99. The second-order valence-corrected chi connectivity index (χ2v) is 7.42. The lowest BCUT2D eigenvalue weighted by molar-refractivity contribution is -0.143. The van der Waals surface area contributed by atoms with Crippen molar-refractivity contribution in [1.29, 1.82) is 0 Å². The van der Waals surface area contributed by atoms with Crippen LogP contribution in [0.15, 0.2) is 22.5 Å². The summed E-state index contributed by atoms with van der Waals surface area (Å²) in [6, 6.07) is 0.923. The molecule has 0 aliphatic carbocycles. The van der Waals surface area contributed by atoms with E-state index in [1.807, 2.05) is 6.92 Å². The molecule has 10 nitrogen and oxygen atoms in total. The third-order valence-electron chi connectivity index (χ3n) is 4.43. The Morgan fingerprint density at radius 2 is 2.03 bits per heavy atom. The fourth-order valence-corrected chi connectivity index (χ4v) is 3.49. The Kier molecular flexibility index (Phi) is 6.48. The monoisotopic (exact) mass is 455 g/mol. The summed E-state index contributed by atoms with van der Waals surface area (Å²) in [5.74, 6) is -0.175. The summed E-state index contributed by atoms with van der Waals surface area (Å²) in [6.45, 7) is 4.06. The van der Waals surface area contributed by atoms with Gasteiger partial charge in [0, 0.05) is 31.9 Å². The number of alkyl halides is 3. The Bertz CT molecular complexity index is 1110. The summed E-state index contributed by atoms with van der Waals surface area (Å²) in [7, 11) is 3.02. The molecular weight excluding hydrogens is 435 g/mol. The van der Waals surface area contributed by atoms with E-state index in [-0.39, 0.29) is 23.2 Å². The summed E-state index contributed by atoms with van der Waals surface area (Å²) in [4.78, 5) is 12.1. The fourth-order valence-electron chi connectivity index (χ4n) is 2.69. The number of rotatable bonds is 7. The third-order valence-corrected chi connectivity index (χ3v) is 5.40. The minimum absolute atomic E-state index is 0.00247. The van der Waals surface area contributed by atoms with Crippen LogP contribution in [0.1, 0.15) is 23.9 Å². The number of thioether (sulfide) groups is 1. The van der Waals surface area contributed by atoms with Crippen molar-refractivity contribution in [3.63, 3.8) is 0 Å². The van der Waals surface area contributed by atoms with Gasteiger partial charge >= 0.3 is 6.18 Å². The van der Waals surface area contributed by atoms with Crippen molar-refractivity contribution in [2.75, 3.05) is 5.75 Å². The van der Waals surface area contributed by atoms with E-state index in [1.54, 1.807) is 29.4 Å². The smallest absolute Gasteiger partial charge is 0.301 e. The topological polar surface area (TPSA) is 108 Å². The van der Waals surface area contributed by atoms with E-state index in [2.05, 4.69) is 30.9 Å². The molecule has 0 aromatic carbocycles. The molecule has 0 spiro atoms. The molecule has 0 fully saturated rings. The standard InChI is InChI=1S/C17H20F3N9OS/c1-5-29-15(12-6-13(17(18,19)20)28(4)26-12)24-25-16(29)31-9-14(30)23-21-7-11-8-22-27(3)10(11)2/h6-8H,5,9H2,1-4H3,(H,23,30). The number of aromatic nitrogens is 7. The van der Waals surface area contributed by atoms with Crippen LogP contribution in [0.5, 0.6) is 0 Å². The first-order chi connectivity index (χ1) is 14.6. The number of aryl methyl sites for hydroxylation is 2. The summed E-state index contributed by atoms with van der Waals surface area (Å²) >= 11 is 1.10. The molecule has 3 aromatic rings. The summed E-state index contributed by atoms with van der Waals surface area (Å²) in [5, 5.41) is 20.2. The number of hydrogen-bond donors (Lipinski definition) is 1. The number of hydrogen-bond acceptors (Lipinski definition) is 7. The number of hydrazone groups is 1. The van der Waals surface area contributed by atoms with Gasteiger partial charge in [-0.05, 0) is 19.9 Å². The lowest BCUT2D eigenvalue weighted by atomic mass is 10.3. The van der Waals surface area contributed by atoms with Gasteiger partial charge in [-0.2, -0.15) is 28.5 Å². The highest BCUT2D eigenvalue weighted by Crippen LogP contribution is 2.32. The van der Waals surface area contributed by atoms with Crippen molar-refractivity contribution in [3.05, 3.63) is 29.2 Å². The minimum atomic E-state index is -4.53. The van der Waals surface area contributed by atoms with Gasteiger partial charge in [0.25, 0.3) is 5.91 Å². The predicted molar refractivity (Wildman–Crippen MR) is 107 cm³/mol. The number of carbonyl (C=O) groups is 1. The second kappa shape index (κ2) is 8.91. The van der Waals surface area contributed by atoms with Gasteiger partial charge in [-0.15, -0.1) is 10.2 Å². The fraction of sp³-hybridized carbons (Fsp3) is 0.412. The lowest BCUT2D eigenvalue weighted by Gasteiger charge is -2.05. The number of carbonyl (C=O) groups excluding carboxylic acids is 1. The SMILES string of the molecule is CCn1c(SCC(=O)NN=Cc2cnn(C)c2C)nnc1-c1cc(C(F)(F)F)n(C)n1. The van der Waals surface area contributed by atoms with Crippen LogP contribution in [0.25, 0.3) is 11.5 Å². The molecule has 0 radical (unpaired) electrons. The van der Waals surface area contributed by atoms with Crippen LogP contribution in [0.2, 0.25) is 0 Å². The van der Waals surface area contributed by atoms with E-state index in [9.17, 15) is 18.0 Å². The van der Waals surface area contributed by atoms with E-state index >= 15 is 0 Å². The molecule has 166 valence electrons. The number of nitrogens with one attached hydrogen (secondary N) is 1. The maximum Gasteiger partial charge on any atom is 0.433 e. The zero-order chi connectivity index (χ0) is 22.8. The largest absolute Gasteiger partial charge is 0.433 e. The molecule has 1 amide bonds. The number of amides is 1. The first kappa shape index (κ1) is 22.5. The average Bonchev–Trinajstić information content (AvgIpc) is 3.38. The summed E-state index contributed by atoms with van der Waals surface area (Å²) < 4.78 is 43.2. The minimum Gasteiger partial charge on any atom is -0.301 e. The molecule has 0 unspecified atom stereocenters. The molecule has 0 atom stereocenters. The molecule has 31 heavy (non-hydrogen) atoms. The van der Waals surface area contributed by atoms with Crippen LogP contribution >= 0.6 is 11.8 Å². The van der Waals surface area contributed by atoms with Crippen molar-refractivity contribution in [2.24, 2.45) is 19.2 Å². The van der Waals surface area contributed by atoms with Gasteiger partial charge in [-0.3, -0.25) is 14.2 Å². The first-order valence-electron chi connectivity index (χ1n) is 9.10. The van der Waals surface area contributed by atoms with Crippen LogP contribution in [0, 0.1) is 6.92 Å². The van der Waals surface area contributed by atoms with Gasteiger partial charge in [0.2, 0.25) is 0 Å². The second-order valence-electron chi connectivity index (χ2n) is 6.48. The Morgan fingerprint density at radius 3 is 2.61 bits per heavy atom. The van der Waals surface area contributed by atoms with E-state index < -0.39 is 11.9 Å². The van der Waals surface area contributed by atoms with Crippen LogP contribution in [-0.4, -0.2) is 52.2 Å². The predicted octanol–water partition coefficient (Wildman–Crippen LogP) is 2.00. The van der Waals surface area contributed by atoms with Crippen molar-refractivity contribution in [2.45, 2.75) is 31.7 Å². The maximum atomic E-state index is 13.0. The van der Waals surface area contributed by atoms with Crippen molar-refractivity contribution in [3.8, 4) is 11.5 Å². The lowest BCUT2D eigenvalue weighted by Crippen LogP contribution is -2.20. The number of nitrogens with zero attached hydrogens (tertiary/aromatic N) is 8. The van der Waals surface area contributed by atoms with E-state index in [1.165, 1.54) is 13.3 Å². The Morgan fingerprint density at radius 1 is 1.29 bits per heavy atom. The van der Waals surface area contributed by atoms with Gasteiger partial charge in [-0.25, -0.2) is 5.43 Å². The molecule has 14 heteroatoms. The summed E-state index contributed by atoms with van der Waals surface area (Å²) in [6.07, 6.45) is -1.40. The molecule has 0 bridgehead atoms. The quantitative estimate of drug-likeness (QED) is 0.332. The molecule has 3 aromatic heterocycles. The van der Waals surface area contributed by atoms with E-state index in [0.717, 1.165) is 33.8 Å². The van der Waals surface area contributed by atoms with Crippen LogP contribution in [-0.2, 0) is 31.6 Å². The Labute approximate surface area is 179 Å². The van der Waals surface area contributed by atoms with Gasteiger partial charge < -0.3 is 4.57 Å². The van der Waals surface area contributed by atoms with Crippen LogP contribution < -0.4 is 5.43 Å². The molecule has 1 N–H and O–H groups in total. The van der Waals surface area contributed by atoms with Crippen LogP contribution in [0.3, 0.4) is 0 Å². The summed E-state index contributed by atoms with van der Waals surface area (Å²) in [5.41, 5.74) is 3.26. The normalized spacial score (nSPS) is 12.1. The van der Waals surface area contributed by atoms with E-state index in [0.29, 0.717) is 11.7 Å². The van der Waals surface area contributed by atoms with Crippen LogP contribution in [0.4, 0.5) is 13.2 Å².